The Balaban J connectivity index is 1.68. The molecule has 0 radical (unpaired) electrons. The van der Waals surface area contributed by atoms with Crippen LogP contribution in [-0.2, 0) is 16.1 Å². The summed E-state index contributed by atoms with van der Waals surface area (Å²) in [7, 11) is 0. The van der Waals surface area contributed by atoms with Crippen molar-refractivity contribution in [3.05, 3.63) is 71.5 Å². The zero-order valence-corrected chi connectivity index (χ0v) is 18.1. The molecule has 1 saturated heterocycles. The monoisotopic (exact) mass is 428 g/mol. The van der Waals surface area contributed by atoms with E-state index in [0.29, 0.717) is 19.5 Å². The highest BCUT2D eigenvalue weighted by molar-refractivity contribution is 5.69. The second kappa shape index (κ2) is 9.81. The number of halogens is 1. The fourth-order valence-electron chi connectivity index (χ4n) is 3.58. The Morgan fingerprint density at radius 3 is 2.42 bits per heavy atom. The lowest BCUT2D eigenvalue weighted by molar-refractivity contribution is 0.0175. The average Bonchev–Trinajstić information content (AvgIpc) is 2.73. The zero-order chi connectivity index (χ0) is 22.4. The highest BCUT2D eigenvalue weighted by atomic mass is 19.1. The number of benzene rings is 2. The van der Waals surface area contributed by atoms with Gasteiger partial charge in [0.15, 0.2) is 0 Å². The number of alkyl carbamates (subject to hydrolysis) is 1. The number of hydrogen-bond donors (Lipinski definition) is 1. The van der Waals surface area contributed by atoms with Crippen molar-refractivity contribution in [2.45, 2.75) is 51.4 Å². The molecule has 1 aliphatic heterocycles. The molecule has 3 rings (SSSR count). The van der Waals surface area contributed by atoms with Crippen LogP contribution < -0.4 is 5.32 Å². The number of rotatable bonds is 4. The van der Waals surface area contributed by atoms with Gasteiger partial charge < -0.3 is 19.7 Å². The van der Waals surface area contributed by atoms with Crippen molar-refractivity contribution in [1.29, 1.82) is 0 Å². The molecule has 1 N–H and O–H groups in total. The van der Waals surface area contributed by atoms with Crippen molar-refractivity contribution >= 4 is 12.2 Å². The number of carbonyl (C=O) groups excluding carboxylic acids is 2. The predicted octanol–water partition coefficient (Wildman–Crippen LogP) is 4.85. The summed E-state index contributed by atoms with van der Waals surface area (Å²) >= 11 is 0. The van der Waals surface area contributed by atoms with Crippen molar-refractivity contribution < 1.29 is 23.5 Å². The van der Waals surface area contributed by atoms with Gasteiger partial charge in [-0.2, -0.15) is 0 Å². The molecule has 0 bridgehead atoms. The number of nitrogens with one attached hydrogen (secondary N) is 1. The molecule has 2 amide bonds. The largest absolute Gasteiger partial charge is 0.445 e. The number of likely N-dealkylation sites (tertiary alicyclic amines) is 1. The Morgan fingerprint density at radius 2 is 1.77 bits per heavy atom. The van der Waals surface area contributed by atoms with E-state index in [0.717, 1.165) is 11.1 Å². The van der Waals surface area contributed by atoms with E-state index < -0.39 is 17.8 Å². The molecule has 1 heterocycles. The van der Waals surface area contributed by atoms with Crippen LogP contribution in [0.3, 0.4) is 0 Å². The quantitative estimate of drug-likeness (QED) is 0.756. The van der Waals surface area contributed by atoms with E-state index in [1.807, 2.05) is 51.1 Å². The smallest absolute Gasteiger partial charge is 0.410 e. The van der Waals surface area contributed by atoms with Crippen molar-refractivity contribution in [2.24, 2.45) is 0 Å². The van der Waals surface area contributed by atoms with Crippen LogP contribution >= 0.6 is 0 Å². The molecule has 6 nitrogen and oxygen atoms in total. The number of ether oxygens (including phenoxy) is 2. The molecule has 2 atom stereocenters. The Hall–Kier alpha value is -3.09. The highest BCUT2D eigenvalue weighted by Gasteiger charge is 2.35. The maximum atomic E-state index is 13.4. The minimum absolute atomic E-state index is 0.171. The number of hydrogen-bond acceptors (Lipinski definition) is 4. The lowest BCUT2D eigenvalue weighted by Crippen LogP contribution is -2.52. The van der Waals surface area contributed by atoms with Gasteiger partial charge in [0, 0.05) is 25.0 Å². The Morgan fingerprint density at radius 1 is 1.10 bits per heavy atom. The molecule has 0 unspecified atom stereocenters. The minimum atomic E-state index is -0.598. The van der Waals surface area contributed by atoms with E-state index in [4.69, 9.17) is 9.47 Å². The van der Waals surface area contributed by atoms with Gasteiger partial charge in [0.05, 0.1) is 0 Å². The Labute approximate surface area is 182 Å². The van der Waals surface area contributed by atoms with Gasteiger partial charge in [0.25, 0.3) is 0 Å². The molecule has 1 fully saturated rings. The van der Waals surface area contributed by atoms with Crippen molar-refractivity contribution in [1.82, 2.24) is 10.2 Å². The summed E-state index contributed by atoms with van der Waals surface area (Å²) in [5.41, 5.74) is 1.13. The van der Waals surface area contributed by atoms with E-state index in [9.17, 15) is 14.0 Å². The molecule has 2 aromatic carbocycles. The third-order valence-corrected chi connectivity index (χ3v) is 5.08. The van der Waals surface area contributed by atoms with Crippen LogP contribution in [0.1, 0.15) is 44.2 Å². The summed E-state index contributed by atoms with van der Waals surface area (Å²) in [6.07, 6.45) is -0.391. The van der Waals surface area contributed by atoms with E-state index >= 15 is 0 Å². The topological polar surface area (TPSA) is 67.9 Å². The molecular formula is C24H29FN2O4. The molecule has 31 heavy (non-hydrogen) atoms. The summed E-state index contributed by atoms with van der Waals surface area (Å²) in [5.74, 6) is -0.554. The van der Waals surface area contributed by atoms with E-state index in [-0.39, 0.29) is 24.4 Å². The second-order valence-corrected chi connectivity index (χ2v) is 8.69. The fraction of sp³-hybridized carbons (Fsp3) is 0.417. The number of nitrogens with zero attached hydrogens (tertiary/aromatic N) is 1. The van der Waals surface area contributed by atoms with Crippen molar-refractivity contribution in [3.63, 3.8) is 0 Å². The molecule has 0 aromatic heterocycles. The van der Waals surface area contributed by atoms with Gasteiger partial charge in [-0.05, 0) is 50.5 Å². The normalized spacial score (nSPS) is 18.9. The first-order valence-corrected chi connectivity index (χ1v) is 10.4. The summed E-state index contributed by atoms with van der Waals surface area (Å²) in [5, 5.41) is 2.93. The van der Waals surface area contributed by atoms with Crippen LogP contribution in [0.15, 0.2) is 54.6 Å². The molecule has 2 aromatic rings. The summed E-state index contributed by atoms with van der Waals surface area (Å²) in [4.78, 5) is 26.6. The zero-order valence-electron chi connectivity index (χ0n) is 18.1. The van der Waals surface area contributed by atoms with Crippen LogP contribution in [0.5, 0.6) is 0 Å². The maximum Gasteiger partial charge on any atom is 0.410 e. The van der Waals surface area contributed by atoms with Gasteiger partial charge in [-0.25, -0.2) is 14.0 Å². The molecule has 1 aliphatic rings. The summed E-state index contributed by atoms with van der Waals surface area (Å²) < 4.78 is 24.3. The molecular weight excluding hydrogens is 399 g/mol. The van der Waals surface area contributed by atoms with Gasteiger partial charge in [0.2, 0.25) is 0 Å². The first-order chi connectivity index (χ1) is 14.7. The first kappa shape index (κ1) is 22.6. The number of piperidine rings is 1. The van der Waals surface area contributed by atoms with Crippen molar-refractivity contribution in [2.75, 3.05) is 13.1 Å². The highest BCUT2D eigenvalue weighted by Crippen LogP contribution is 2.29. The lowest BCUT2D eigenvalue weighted by atomic mass is 9.86. The third kappa shape index (κ3) is 6.70. The van der Waals surface area contributed by atoms with Crippen LogP contribution in [0.2, 0.25) is 0 Å². The number of carbonyl (C=O) groups is 2. The molecule has 0 spiro atoms. The van der Waals surface area contributed by atoms with Crippen LogP contribution in [-0.4, -0.2) is 41.8 Å². The fourth-order valence-corrected chi connectivity index (χ4v) is 3.58. The minimum Gasteiger partial charge on any atom is -0.445 e. The van der Waals surface area contributed by atoms with E-state index in [2.05, 4.69) is 5.32 Å². The lowest BCUT2D eigenvalue weighted by Gasteiger charge is -2.39. The standard InChI is InChI=1S/C24H29FN2O4/c1-24(2,3)31-23(29)27-14-13-21(20(15-27)18-9-11-19(25)12-10-18)26-22(28)30-16-17-7-5-4-6-8-17/h4-12,20-21H,13-16H2,1-3H3,(H,26,28)/t20-,21+/m0/s1. The average molecular weight is 429 g/mol. The molecule has 166 valence electrons. The SMILES string of the molecule is CC(C)(C)OC(=O)N1CC[C@@H](NC(=O)OCc2ccccc2)[C@H](c2ccc(F)cc2)C1. The number of amides is 2. The van der Waals surface area contributed by atoms with Gasteiger partial charge >= 0.3 is 12.2 Å². The Kier molecular flexibility index (Phi) is 7.15. The van der Waals surface area contributed by atoms with Gasteiger partial charge in [-0.3, -0.25) is 0 Å². The van der Waals surface area contributed by atoms with Crippen LogP contribution in [0, 0.1) is 5.82 Å². The van der Waals surface area contributed by atoms with Gasteiger partial charge in [-0.1, -0.05) is 42.5 Å². The van der Waals surface area contributed by atoms with Crippen molar-refractivity contribution in [3.8, 4) is 0 Å². The molecule has 0 aliphatic carbocycles. The van der Waals surface area contributed by atoms with Gasteiger partial charge in [-0.15, -0.1) is 0 Å². The summed E-state index contributed by atoms with van der Waals surface area (Å²) in [6, 6.07) is 15.3. The predicted molar refractivity (Wildman–Crippen MR) is 115 cm³/mol. The Bertz CT molecular complexity index is 881. The third-order valence-electron chi connectivity index (χ3n) is 5.08. The second-order valence-electron chi connectivity index (χ2n) is 8.69. The van der Waals surface area contributed by atoms with Gasteiger partial charge in [0.1, 0.15) is 18.0 Å². The van der Waals surface area contributed by atoms with E-state index in [1.165, 1.54) is 12.1 Å². The maximum absolute atomic E-state index is 13.4. The van der Waals surface area contributed by atoms with Crippen LogP contribution in [0.4, 0.5) is 14.0 Å². The molecule has 0 saturated carbocycles. The van der Waals surface area contributed by atoms with Crippen LogP contribution in [0.25, 0.3) is 0 Å². The van der Waals surface area contributed by atoms with E-state index in [1.54, 1.807) is 17.0 Å². The summed E-state index contributed by atoms with van der Waals surface area (Å²) in [6.45, 7) is 6.42. The molecule has 7 heteroatoms. The first-order valence-electron chi connectivity index (χ1n) is 10.4.